The van der Waals surface area contributed by atoms with E-state index in [2.05, 4.69) is 5.32 Å². The van der Waals surface area contributed by atoms with Crippen molar-refractivity contribution in [3.05, 3.63) is 0 Å². The minimum absolute atomic E-state index is 0.877. The Kier molecular flexibility index (Phi) is 3.01. The van der Waals surface area contributed by atoms with Gasteiger partial charge < -0.3 is 5.32 Å². The fraction of sp³-hybridized carbons (Fsp3) is 1.00. The molecule has 0 spiro atoms. The molecule has 0 amide bonds. The minimum atomic E-state index is 0.877. The van der Waals surface area contributed by atoms with Crippen LogP contribution in [0.25, 0.3) is 0 Å². The number of hydrogen-bond acceptors (Lipinski definition) is 1. The van der Waals surface area contributed by atoms with Gasteiger partial charge >= 0.3 is 0 Å². The summed E-state index contributed by atoms with van der Waals surface area (Å²) in [6, 6.07) is 1.77. The largest absolute Gasteiger partial charge is 0.311 e. The fourth-order valence-electron chi connectivity index (χ4n) is 4.30. The molecule has 1 nitrogen and oxygen atoms in total. The van der Waals surface area contributed by atoms with E-state index >= 15 is 0 Å². The van der Waals surface area contributed by atoms with E-state index in [1.807, 2.05) is 0 Å². The summed E-state index contributed by atoms with van der Waals surface area (Å²) in [5.41, 5.74) is 0. The van der Waals surface area contributed by atoms with Gasteiger partial charge in [0.1, 0.15) is 0 Å². The van der Waals surface area contributed by atoms with Gasteiger partial charge in [0.25, 0.3) is 0 Å². The highest BCUT2D eigenvalue weighted by molar-refractivity contribution is 4.92. The van der Waals surface area contributed by atoms with Crippen molar-refractivity contribution in [2.75, 3.05) is 0 Å². The third kappa shape index (κ3) is 2.22. The lowest BCUT2D eigenvalue weighted by molar-refractivity contribution is 0.329. The molecule has 0 aliphatic heterocycles. The molecular formula is C14H25N. The normalized spacial score (nSPS) is 42.0. The molecule has 0 aromatic rings. The molecule has 3 aliphatic carbocycles. The molecule has 2 atom stereocenters. The van der Waals surface area contributed by atoms with Gasteiger partial charge in [-0.1, -0.05) is 38.5 Å². The molecule has 1 N–H and O–H groups in total. The summed E-state index contributed by atoms with van der Waals surface area (Å²) in [6.45, 7) is 0. The van der Waals surface area contributed by atoms with E-state index in [4.69, 9.17) is 0 Å². The molecule has 0 aromatic carbocycles. The van der Waals surface area contributed by atoms with E-state index in [0.29, 0.717) is 0 Å². The zero-order chi connectivity index (χ0) is 10.1. The van der Waals surface area contributed by atoms with Crippen molar-refractivity contribution >= 4 is 0 Å². The molecule has 3 aliphatic rings. The second-order valence-electron chi connectivity index (χ2n) is 6.12. The lowest BCUT2D eigenvalue weighted by atomic mass is 9.94. The van der Waals surface area contributed by atoms with Gasteiger partial charge in [-0.15, -0.1) is 0 Å². The SMILES string of the molecule is C1CCC(NC2CC3CCCC3C2)CC1. The van der Waals surface area contributed by atoms with Crippen molar-refractivity contribution < 1.29 is 0 Å². The van der Waals surface area contributed by atoms with Crippen LogP contribution >= 0.6 is 0 Å². The number of fused-ring (bicyclic) bond motifs is 1. The van der Waals surface area contributed by atoms with Crippen molar-refractivity contribution in [2.24, 2.45) is 11.8 Å². The zero-order valence-corrected chi connectivity index (χ0v) is 9.88. The van der Waals surface area contributed by atoms with Crippen molar-refractivity contribution in [2.45, 2.75) is 76.3 Å². The van der Waals surface area contributed by atoms with Crippen LogP contribution in [0.4, 0.5) is 0 Å². The third-order valence-corrected chi connectivity index (χ3v) is 5.07. The first-order valence-corrected chi connectivity index (χ1v) is 7.18. The minimum Gasteiger partial charge on any atom is -0.311 e. The Morgan fingerprint density at radius 2 is 1.27 bits per heavy atom. The Morgan fingerprint density at radius 1 is 0.600 bits per heavy atom. The Morgan fingerprint density at radius 3 is 1.93 bits per heavy atom. The molecule has 2 unspecified atom stereocenters. The van der Waals surface area contributed by atoms with Crippen molar-refractivity contribution in [1.29, 1.82) is 0 Å². The van der Waals surface area contributed by atoms with Crippen molar-refractivity contribution in [3.63, 3.8) is 0 Å². The summed E-state index contributed by atoms with van der Waals surface area (Å²) in [7, 11) is 0. The van der Waals surface area contributed by atoms with Crippen LogP contribution < -0.4 is 5.32 Å². The van der Waals surface area contributed by atoms with Crippen LogP contribution in [-0.4, -0.2) is 12.1 Å². The Balaban J connectivity index is 1.48. The van der Waals surface area contributed by atoms with E-state index in [0.717, 1.165) is 23.9 Å². The predicted octanol–water partition coefficient (Wildman–Crippen LogP) is 3.49. The molecule has 3 rings (SSSR count). The van der Waals surface area contributed by atoms with E-state index in [1.165, 1.54) is 64.2 Å². The molecule has 3 saturated carbocycles. The first kappa shape index (κ1) is 10.1. The van der Waals surface area contributed by atoms with Gasteiger partial charge in [0, 0.05) is 12.1 Å². The maximum Gasteiger partial charge on any atom is 0.00751 e. The maximum atomic E-state index is 3.95. The molecule has 0 heterocycles. The van der Waals surface area contributed by atoms with Crippen LogP contribution in [-0.2, 0) is 0 Å². The van der Waals surface area contributed by atoms with Crippen LogP contribution in [0.2, 0.25) is 0 Å². The highest BCUT2D eigenvalue weighted by Gasteiger charge is 2.37. The van der Waals surface area contributed by atoms with Gasteiger partial charge in [0.05, 0.1) is 0 Å². The Bertz CT molecular complexity index is 195. The standard InChI is InChI=1S/C14H25N/c1-2-7-13(8-3-1)15-14-9-11-5-4-6-12(11)10-14/h11-15H,1-10H2. The van der Waals surface area contributed by atoms with E-state index in [-0.39, 0.29) is 0 Å². The van der Waals surface area contributed by atoms with Crippen LogP contribution in [0.5, 0.6) is 0 Å². The van der Waals surface area contributed by atoms with E-state index < -0.39 is 0 Å². The second-order valence-corrected chi connectivity index (χ2v) is 6.12. The summed E-state index contributed by atoms with van der Waals surface area (Å²) < 4.78 is 0. The monoisotopic (exact) mass is 207 g/mol. The van der Waals surface area contributed by atoms with E-state index in [9.17, 15) is 0 Å². The first-order valence-electron chi connectivity index (χ1n) is 7.18. The summed E-state index contributed by atoms with van der Waals surface area (Å²) in [5, 5.41) is 3.95. The zero-order valence-electron chi connectivity index (χ0n) is 9.88. The smallest absolute Gasteiger partial charge is 0.00751 e. The molecule has 0 radical (unpaired) electrons. The van der Waals surface area contributed by atoms with Gasteiger partial charge in [0.15, 0.2) is 0 Å². The predicted molar refractivity (Wildman–Crippen MR) is 63.9 cm³/mol. The lowest BCUT2D eigenvalue weighted by Gasteiger charge is -2.26. The van der Waals surface area contributed by atoms with Crippen LogP contribution in [0.3, 0.4) is 0 Å². The van der Waals surface area contributed by atoms with Crippen molar-refractivity contribution in [1.82, 2.24) is 5.32 Å². The van der Waals surface area contributed by atoms with Gasteiger partial charge in [-0.25, -0.2) is 0 Å². The highest BCUT2D eigenvalue weighted by atomic mass is 15.0. The molecule has 15 heavy (non-hydrogen) atoms. The highest BCUT2D eigenvalue weighted by Crippen LogP contribution is 2.44. The van der Waals surface area contributed by atoms with Crippen LogP contribution in [0, 0.1) is 11.8 Å². The average Bonchev–Trinajstić information content (AvgIpc) is 2.79. The molecule has 0 bridgehead atoms. The topological polar surface area (TPSA) is 12.0 Å². The summed E-state index contributed by atoms with van der Waals surface area (Å²) in [5.74, 6) is 2.21. The van der Waals surface area contributed by atoms with Gasteiger partial charge in [0.2, 0.25) is 0 Å². The average molecular weight is 207 g/mol. The molecular weight excluding hydrogens is 182 g/mol. The summed E-state index contributed by atoms with van der Waals surface area (Å²) in [4.78, 5) is 0. The number of nitrogens with one attached hydrogen (secondary N) is 1. The summed E-state index contributed by atoms with van der Waals surface area (Å²) >= 11 is 0. The van der Waals surface area contributed by atoms with Crippen molar-refractivity contribution in [3.8, 4) is 0 Å². The maximum absolute atomic E-state index is 3.95. The van der Waals surface area contributed by atoms with Crippen LogP contribution in [0.15, 0.2) is 0 Å². The number of hydrogen-bond donors (Lipinski definition) is 1. The molecule has 3 fully saturated rings. The lowest BCUT2D eigenvalue weighted by Crippen LogP contribution is -2.38. The van der Waals surface area contributed by atoms with Gasteiger partial charge in [-0.3, -0.25) is 0 Å². The Hall–Kier alpha value is -0.0400. The van der Waals surface area contributed by atoms with Gasteiger partial charge in [-0.05, 0) is 37.5 Å². The van der Waals surface area contributed by atoms with E-state index in [1.54, 1.807) is 0 Å². The fourth-order valence-corrected chi connectivity index (χ4v) is 4.30. The molecule has 0 aromatic heterocycles. The molecule has 0 saturated heterocycles. The van der Waals surface area contributed by atoms with Gasteiger partial charge in [-0.2, -0.15) is 0 Å². The molecule has 1 heteroatoms. The summed E-state index contributed by atoms with van der Waals surface area (Å²) in [6.07, 6.45) is 14.9. The quantitative estimate of drug-likeness (QED) is 0.731. The Labute approximate surface area is 94.0 Å². The second kappa shape index (κ2) is 4.45. The molecule has 86 valence electrons. The third-order valence-electron chi connectivity index (χ3n) is 5.07. The van der Waals surface area contributed by atoms with Crippen LogP contribution in [0.1, 0.15) is 64.2 Å². The number of rotatable bonds is 2. The first-order chi connectivity index (χ1) is 7.42.